The van der Waals surface area contributed by atoms with E-state index < -0.39 is 0 Å². The summed E-state index contributed by atoms with van der Waals surface area (Å²) in [7, 11) is 2.97. The highest BCUT2D eigenvalue weighted by Gasteiger charge is 2.25. The molecule has 2 fully saturated rings. The average Bonchev–Trinajstić information content (AvgIpc) is 2.96. The normalized spacial score (nSPS) is 16.3. The van der Waals surface area contributed by atoms with Gasteiger partial charge in [0.25, 0.3) is 5.56 Å². The summed E-state index contributed by atoms with van der Waals surface area (Å²) in [6, 6.07) is 3.51. The summed E-state index contributed by atoms with van der Waals surface area (Å²) in [5.41, 5.74) is 0.790. The molecule has 2 aliphatic rings. The smallest absolute Gasteiger partial charge is 0.260 e. The van der Waals surface area contributed by atoms with Gasteiger partial charge in [0.1, 0.15) is 17.1 Å². The highest BCUT2D eigenvalue weighted by Crippen LogP contribution is 2.45. The minimum absolute atomic E-state index is 0.104. The molecule has 0 bridgehead atoms. The molecule has 2 saturated heterocycles. The van der Waals surface area contributed by atoms with E-state index in [9.17, 15) is 9.59 Å². The Balaban J connectivity index is 1.52. The summed E-state index contributed by atoms with van der Waals surface area (Å²) in [6.07, 6.45) is 4.58. The van der Waals surface area contributed by atoms with Crippen molar-refractivity contribution >= 4 is 46.1 Å². The van der Waals surface area contributed by atoms with Gasteiger partial charge >= 0.3 is 0 Å². The highest BCUT2D eigenvalue weighted by molar-refractivity contribution is 6.41. The first-order chi connectivity index (χ1) is 19.8. The summed E-state index contributed by atoms with van der Waals surface area (Å²) < 4.78 is 17.8. The van der Waals surface area contributed by atoms with Crippen molar-refractivity contribution in [3.63, 3.8) is 0 Å². The van der Waals surface area contributed by atoms with Crippen LogP contribution in [-0.4, -0.2) is 84.5 Å². The third-order valence-electron chi connectivity index (χ3n) is 7.40. The van der Waals surface area contributed by atoms with E-state index in [0.29, 0.717) is 60.3 Å². The van der Waals surface area contributed by atoms with Gasteiger partial charge in [0.2, 0.25) is 11.9 Å². The molecule has 0 radical (unpaired) electrons. The molecule has 4 heterocycles. The number of anilines is 1. The Hall–Kier alpha value is -3.38. The van der Waals surface area contributed by atoms with Crippen molar-refractivity contribution in [3.05, 3.63) is 51.4 Å². The topological polar surface area (TPSA) is 120 Å². The number of hydrogen-bond donors (Lipinski definition) is 2. The number of pyridine rings is 1. The van der Waals surface area contributed by atoms with Crippen molar-refractivity contribution in [3.8, 4) is 22.6 Å². The fraction of sp³-hybridized carbons (Fsp3) is 0.429. The van der Waals surface area contributed by atoms with Crippen molar-refractivity contribution in [1.82, 2.24) is 24.8 Å². The molecule has 0 aliphatic carbocycles. The summed E-state index contributed by atoms with van der Waals surface area (Å²) in [4.78, 5) is 37.3. The second-order valence-corrected chi connectivity index (χ2v) is 10.7. The predicted octanol–water partition coefficient (Wildman–Crippen LogP) is 3.36. The molecule has 2 N–H and O–H groups in total. The Morgan fingerprint density at radius 2 is 1.80 bits per heavy atom. The minimum atomic E-state index is -0.304. The third kappa shape index (κ3) is 6.13. The number of rotatable bonds is 10. The number of methoxy groups -OCH3 is 2. The summed E-state index contributed by atoms with van der Waals surface area (Å²) in [5, 5.41) is 7.27. The third-order valence-corrected chi connectivity index (χ3v) is 8.15. The van der Waals surface area contributed by atoms with Crippen LogP contribution >= 0.6 is 23.2 Å². The Bertz CT molecular complexity index is 1490. The fourth-order valence-electron chi connectivity index (χ4n) is 5.04. The summed E-state index contributed by atoms with van der Waals surface area (Å²) in [5.74, 6) is 0.921. The Morgan fingerprint density at radius 1 is 1.12 bits per heavy atom. The largest absolute Gasteiger partial charge is 0.495 e. The molecule has 0 saturated carbocycles. The number of benzene rings is 1. The molecule has 3 aromatic rings. The van der Waals surface area contributed by atoms with Crippen LogP contribution in [0.5, 0.6) is 11.5 Å². The van der Waals surface area contributed by atoms with Crippen LogP contribution in [0.1, 0.15) is 12.8 Å². The first-order valence-corrected chi connectivity index (χ1v) is 14.1. The molecule has 0 unspecified atom stereocenters. The number of carbonyl (C=O) groups excluding carboxylic acids is 1. The molecule has 5 rings (SSSR count). The van der Waals surface area contributed by atoms with Gasteiger partial charge in [-0.05, 0) is 25.0 Å². The minimum Gasteiger partial charge on any atom is -0.495 e. The van der Waals surface area contributed by atoms with Crippen LogP contribution < -0.4 is 25.7 Å². The molecule has 2 aliphatic heterocycles. The lowest BCUT2D eigenvalue weighted by Crippen LogP contribution is -2.45. The zero-order chi connectivity index (χ0) is 29.1. The number of aromatic nitrogens is 3. The van der Waals surface area contributed by atoms with Crippen LogP contribution in [-0.2, 0) is 16.1 Å². The molecule has 2 aromatic heterocycles. The van der Waals surface area contributed by atoms with E-state index in [-0.39, 0.29) is 39.2 Å². The van der Waals surface area contributed by atoms with Gasteiger partial charge in [-0.15, -0.1) is 0 Å². The first kappa shape index (κ1) is 29.1. The predicted molar refractivity (Wildman–Crippen MR) is 158 cm³/mol. The fourth-order valence-corrected chi connectivity index (χ4v) is 5.75. The molecule has 0 spiro atoms. The zero-order valence-corrected chi connectivity index (χ0v) is 24.4. The first-order valence-electron chi connectivity index (χ1n) is 13.3. The monoisotopic (exact) mass is 602 g/mol. The van der Waals surface area contributed by atoms with E-state index in [4.69, 9.17) is 42.4 Å². The highest BCUT2D eigenvalue weighted by atomic mass is 35.5. The quantitative estimate of drug-likeness (QED) is 0.336. The standard InChI is InChI=1S/C28H32Cl2N6O5/c1-4-22(37)32-17-5-7-35(8-6-17)9-10-36-26-16(13-31-28(34-26)33-18-14-41-15-18)11-19(27(36)38)23-24(29)20(39-2)12-21(40-3)25(23)30/h4,11-13,17-18H,1,5-10,14-15H2,2-3H3,(H,32,37)(H,31,33,34). The van der Waals surface area contributed by atoms with Gasteiger partial charge in [0.15, 0.2) is 0 Å². The average molecular weight is 604 g/mol. The number of likely N-dealkylation sites (tertiary alicyclic amines) is 1. The lowest BCUT2D eigenvalue weighted by atomic mass is 10.0. The van der Waals surface area contributed by atoms with Gasteiger partial charge in [-0.25, -0.2) is 4.98 Å². The van der Waals surface area contributed by atoms with Crippen molar-refractivity contribution in [2.24, 2.45) is 0 Å². The van der Waals surface area contributed by atoms with Crippen molar-refractivity contribution in [1.29, 1.82) is 0 Å². The summed E-state index contributed by atoms with van der Waals surface area (Å²) in [6.45, 7) is 7.20. The lowest BCUT2D eigenvalue weighted by molar-refractivity contribution is -0.117. The molecule has 11 nitrogen and oxygen atoms in total. The molecule has 1 aromatic carbocycles. The van der Waals surface area contributed by atoms with Crippen LogP contribution in [0.2, 0.25) is 10.0 Å². The van der Waals surface area contributed by atoms with E-state index in [2.05, 4.69) is 27.1 Å². The van der Waals surface area contributed by atoms with E-state index in [0.717, 1.165) is 25.9 Å². The molecule has 41 heavy (non-hydrogen) atoms. The second kappa shape index (κ2) is 12.6. The number of hydrogen-bond acceptors (Lipinski definition) is 9. The number of fused-ring (bicyclic) bond motifs is 1. The van der Waals surface area contributed by atoms with Crippen LogP contribution in [0.4, 0.5) is 5.95 Å². The Morgan fingerprint density at radius 3 is 2.39 bits per heavy atom. The van der Waals surface area contributed by atoms with Gasteiger partial charge in [-0.2, -0.15) is 4.98 Å². The van der Waals surface area contributed by atoms with Crippen molar-refractivity contribution in [2.75, 3.05) is 52.4 Å². The number of piperidine rings is 1. The summed E-state index contributed by atoms with van der Waals surface area (Å²) >= 11 is 13.4. The number of ether oxygens (including phenoxy) is 3. The number of carbonyl (C=O) groups is 1. The van der Waals surface area contributed by atoms with Crippen LogP contribution in [0.25, 0.3) is 22.2 Å². The number of halogens is 2. The zero-order valence-electron chi connectivity index (χ0n) is 22.9. The van der Waals surface area contributed by atoms with Gasteiger partial charge in [-0.1, -0.05) is 29.8 Å². The SMILES string of the molecule is C=CC(=O)NC1CCN(CCn2c(=O)c(-c3c(Cl)c(OC)cc(OC)c3Cl)cc3cnc(NC4COC4)nc32)CC1. The van der Waals surface area contributed by atoms with E-state index in [1.807, 2.05) is 0 Å². The van der Waals surface area contributed by atoms with Crippen molar-refractivity contribution < 1.29 is 19.0 Å². The number of nitrogens with one attached hydrogen (secondary N) is 2. The Kier molecular flexibility index (Phi) is 8.98. The molecule has 13 heteroatoms. The second-order valence-electron chi connectivity index (χ2n) is 9.98. The maximum absolute atomic E-state index is 14.2. The van der Waals surface area contributed by atoms with E-state index >= 15 is 0 Å². The van der Waals surface area contributed by atoms with Crippen LogP contribution in [0.15, 0.2) is 35.8 Å². The number of amides is 1. The van der Waals surface area contributed by atoms with E-state index in [1.54, 1.807) is 22.9 Å². The molecule has 218 valence electrons. The van der Waals surface area contributed by atoms with Crippen molar-refractivity contribution in [2.45, 2.75) is 31.5 Å². The maximum atomic E-state index is 14.2. The van der Waals surface area contributed by atoms with Gasteiger partial charge in [0, 0.05) is 55.4 Å². The van der Waals surface area contributed by atoms with Crippen LogP contribution in [0, 0.1) is 0 Å². The molecular weight excluding hydrogens is 571 g/mol. The molecular formula is C28H32Cl2N6O5. The molecule has 0 atom stereocenters. The van der Waals surface area contributed by atoms with E-state index in [1.165, 1.54) is 20.3 Å². The van der Waals surface area contributed by atoms with Crippen LogP contribution in [0.3, 0.4) is 0 Å². The Labute approximate surface area is 247 Å². The van der Waals surface area contributed by atoms with Gasteiger partial charge in [-0.3, -0.25) is 14.2 Å². The maximum Gasteiger partial charge on any atom is 0.260 e. The van der Waals surface area contributed by atoms with Gasteiger partial charge in [0.05, 0.1) is 49.1 Å². The lowest BCUT2D eigenvalue weighted by Gasteiger charge is -2.32. The van der Waals surface area contributed by atoms with Gasteiger partial charge < -0.3 is 29.7 Å². The molecule has 1 amide bonds. The number of nitrogens with zero attached hydrogens (tertiary/aromatic N) is 4.